The summed E-state index contributed by atoms with van der Waals surface area (Å²) in [7, 11) is 2.96. The van der Waals surface area contributed by atoms with E-state index in [9.17, 15) is 14.4 Å². The number of rotatable bonds is 6. The molecule has 2 aromatic carbocycles. The molecule has 1 unspecified atom stereocenters. The van der Waals surface area contributed by atoms with Crippen molar-refractivity contribution in [3.8, 4) is 17.6 Å². The van der Waals surface area contributed by atoms with Crippen molar-refractivity contribution in [1.82, 2.24) is 0 Å². The Morgan fingerprint density at radius 2 is 1.94 bits per heavy atom. The summed E-state index contributed by atoms with van der Waals surface area (Å²) in [6.45, 7) is 1.76. The molecule has 0 saturated carbocycles. The van der Waals surface area contributed by atoms with Crippen LogP contribution in [0, 0.1) is 17.1 Å². The summed E-state index contributed by atoms with van der Waals surface area (Å²) >= 11 is 3.44. The molecule has 0 fully saturated rings. The van der Waals surface area contributed by atoms with Crippen LogP contribution in [0.1, 0.15) is 24.0 Å². The number of hydrogen-bond donors (Lipinski definition) is 1. The number of methoxy groups -OCH3 is 2. The SMILES string of the molecule is CCOC(=O)C1=C(c2ccc(F)cc2)OC(N)=C(C#N)C1c1cc(Br)c(OC)c(OC)c1. The van der Waals surface area contributed by atoms with Gasteiger partial charge in [0.05, 0.1) is 36.8 Å². The number of carbonyl (C=O) groups excluding carboxylic acids is 1. The third-order valence-corrected chi connectivity index (χ3v) is 5.40. The van der Waals surface area contributed by atoms with Crippen LogP contribution in [0.25, 0.3) is 5.76 Å². The molecule has 2 N–H and O–H groups in total. The van der Waals surface area contributed by atoms with E-state index in [0.717, 1.165) is 0 Å². The van der Waals surface area contributed by atoms with Gasteiger partial charge in [0.2, 0.25) is 5.88 Å². The van der Waals surface area contributed by atoms with Gasteiger partial charge in [-0.15, -0.1) is 0 Å². The van der Waals surface area contributed by atoms with Gasteiger partial charge in [0.1, 0.15) is 23.2 Å². The van der Waals surface area contributed by atoms with Gasteiger partial charge in [0.15, 0.2) is 11.5 Å². The molecule has 0 aromatic heterocycles. The minimum Gasteiger partial charge on any atom is -0.493 e. The highest BCUT2D eigenvalue weighted by Crippen LogP contribution is 2.46. The van der Waals surface area contributed by atoms with E-state index in [1.54, 1.807) is 19.1 Å². The zero-order valence-electron chi connectivity index (χ0n) is 17.6. The van der Waals surface area contributed by atoms with Gasteiger partial charge >= 0.3 is 5.97 Å². The second-order valence-electron chi connectivity index (χ2n) is 6.63. The van der Waals surface area contributed by atoms with Crippen molar-refractivity contribution >= 4 is 27.7 Å². The maximum atomic E-state index is 13.5. The van der Waals surface area contributed by atoms with E-state index < -0.39 is 17.7 Å². The first-order valence-electron chi connectivity index (χ1n) is 9.52. The molecule has 1 aliphatic heterocycles. The Balaban J connectivity index is 2.33. The predicted molar refractivity (Wildman–Crippen MR) is 118 cm³/mol. The summed E-state index contributed by atoms with van der Waals surface area (Å²) in [4.78, 5) is 13.1. The summed E-state index contributed by atoms with van der Waals surface area (Å²) in [5.74, 6) is -1.34. The van der Waals surface area contributed by atoms with Gasteiger partial charge in [-0.3, -0.25) is 0 Å². The maximum absolute atomic E-state index is 13.5. The van der Waals surface area contributed by atoms with Crippen molar-refractivity contribution in [2.75, 3.05) is 20.8 Å². The zero-order chi connectivity index (χ0) is 23.4. The molecule has 0 bridgehead atoms. The van der Waals surface area contributed by atoms with E-state index in [-0.39, 0.29) is 29.4 Å². The van der Waals surface area contributed by atoms with Crippen LogP contribution in [0.4, 0.5) is 4.39 Å². The molecule has 7 nitrogen and oxygen atoms in total. The lowest BCUT2D eigenvalue weighted by molar-refractivity contribution is -0.138. The Morgan fingerprint density at radius 3 is 2.50 bits per heavy atom. The van der Waals surface area contributed by atoms with Gasteiger partial charge in [-0.1, -0.05) is 0 Å². The van der Waals surface area contributed by atoms with E-state index in [1.165, 1.54) is 38.5 Å². The third-order valence-electron chi connectivity index (χ3n) is 4.81. The van der Waals surface area contributed by atoms with Gasteiger partial charge < -0.3 is 24.7 Å². The number of ether oxygens (including phenoxy) is 4. The highest BCUT2D eigenvalue weighted by Gasteiger charge is 2.39. The average molecular weight is 503 g/mol. The lowest BCUT2D eigenvalue weighted by Crippen LogP contribution is -2.26. The monoisotopic (exact) mass is 502 g/mol. The van der Waals surface area contributed by atoms with Gasteiger partial charge in [0.25, 0.3) is 0 Å². The first-order valence-corrected chi connectivity index (χ1v) is 10.3. The van der Waals surface area contributed by atoms with Crippen molar-refractivity contribution in [1.29, 1.82) is 5.26 Å². The first-order chi connectivity index (χ1) is 15.4. The fraction of sp³-hybridized carbons (Fsp3) is 0.217. The van der Waals surface area contributed by atoms with E-state index in [1.807, 2.05) is 6.07 Å². The van der Waals surface area contributed by atoms with Crippen LogP contribution in [0.2, 0.25) is 0 Å². The number of allylic oxidation sites excluding steroid dienone is 1. The molecule has 0 saturated heterocycles. The molecular formula is C23H20BrFN2O5. The highest BCUT2D eigenvalue weighted by atomic mass is 79.9. The topological polar surface area (TPSA) is 104 Å². The molecule has 1 heterocycles. The van der Waals surface area contributed by atoms with E-state index in [0.29, 0.717) is 27.1 Å². The minimum absolute atomic E-state index is 0.0260. The third kappa shape index (κ3) is 4.27. The van der Waals surface area contributed by atoms with Crippen molar-refractivity contribution in [2.24, 2.45) is 5.73 Å². The zero-order valence-corrected chi connectivity index (χ0v) is 19.2. The second-order valence-corrected chi connectivity index (χ2v) is 7.49. The molecule has 2 aromatic rings. The molecule has 32 heavy (non-hydrogen) atoms. The van der Waals surface area contributed by atoms with Crippen molar-refractivity contribution in [3.05, 3.63) is 74.8 Å². The van der Waals surface area contributed by atoms with Crippen LogP contribution >= 0.6 is 15.9 Å². The average Bonchev–Trinajstić information content (AvgIpc) is 2.78. The second kappa shape index (κ2) is 9.75. The van der Waals surface area contributed by atoms with Gasteiger partial charge in [-0.2, -0.15) is 5.26 Å². The largest absolute Gasteiger partial charge is 0.493 e. The van der Waals surface area contributed by atoms with Crippen LogP contribution in [0.3, 0.4) is 0 Å². The summed E-state index contributed by atoms with van der Waals surface area (Å²) in [6.07, 6.45) is 0. The number of benzene rings is 2. The normalized spacial score (nSPS) is 15.7. The Labute approximate surface area is 192 Å². The highest BCUT2D eigenvalue weighted by molar-refractivity contribution is 9.10. The molecule has 0 radical (unpaired) electrons. The Morgan fingerprint density at radius 1 is 1.25 bits per heavy atom. The molecule has 1 aliphatic rings. The summed E-state index contributed by atoms with van der Waals surface area (Å²) in [5, 5.41) is 9.85. The van der Waals surface area contributed by atoms with Crippen molar-refractivity contribution in [2.45, 2.75) is 12.8 Å². The molecule has 0 amide bonds. The Bertz CT molecular complexity index is 1150. The molecule has 3 rings (SSSR count). The van der Waals surface area contributed by atoms with Crippen LogP contribution in [0.15, 0.2) is 57.9 Å². The van der Waals surface area contributed by atoms with Gasteiger partial charge in [0, 0.05) is 5.56 Å². The van der Waals surface area contributed by atoms with Crippen LogP contribution in [0.5, 0.6) is 11.5 Å². The lowest BCUT2D eigenvalue weighted by atomic mass is 9.82. The quantitative estimate of drug-likeness (QED) is 0.584. The molecule has 9 heteroatoms. The fourth-order valence-electron chi connectivity index (χ4n) is 3.43. The van der Waals surface area contributed by atoms with Crippen LogP contribution in [-0.4, -0.2) is 26.8 Å². The standard InChI is InChI=1S/C23H20BrFN2O5/c1-4-31-23(28)19-18(13-9-16(24)21(30-3)17(10-13)29-2)15(11-26)22(27)32-20(19)12-5-7-14(25)8-6-12/h5-10,18H,4,27H2,1-3H3. The number of nitriles is 1. The first kappa shape index (κ1) is 23.2. The van der Waals surface area contributed by atoms with Crippen molar-refractivity contribution in [3.63, 3.8) is 0 Å². The Kier molecular flexibility index (Phi) is 7.05. The lowest BCUT2D eigenvalue weighted by Gasteiger charge is -2.28. The number of nitrogens with two attached hydrogens (primary N) is 1. The Hall–Kier alpha value is -3.51. The minimum atomic E-state index is -0.927. The van der Waals surface area contributed by atoms with Gasteiger partial charge in [-0.25, -0.2) is 9.18 Å². The summed E-state index contributed by atoms with van der Waals surface area (Å²) in [5.41, 5.74) is 7.08. The number of nitrogens with zero attached hydrogens (tertiary/aromatic N) is 1. The smallest absolute Gasteiger partial charge is 0.338 e. The number of carbonyl (C=O) groups is 1. The summed E-state index contributed by atoms with van der Waals surface area (Å²) in [6, 6.07) is 10.8. The number of hydrogen-bond acceptors (Lipinski definition) is 7. The predicted octanol–water partition coefficient (Wildman–Crippen LogP) is 4.39. The van der Waals surface area contributed by atoms with Crippen LogP contribution < -0.4 is 15.2 Å². The number of esters is 1. The van der Waals surface area contributed by atoms with E-state index in [2.05, 4.69) is 15.9 Å². The van der Waals surface area contributed by atoms with Crippen LogP contribution in [-0.2, 0) is 14.3 Å². The van der Waals surface area contributed by atoms with E-state index >= 15 is 0 Å². The number of halogens is 2. The molecular weight excluding hydrogens is 483 g/mol. The van der Waals surface area contributed by atoms with Crippen molar-refractivity contribution < 1.29 is 28.1 Å². The molecule has 166 valence electrons. The molecule has 1 atom stereocenters. The fourth-order valence-corrected chi connectivity index (χ4v) is 4.05. The van der Waals surface area contributed by atoms with Gasteiger partial charge in [-0.05, 0) is 64.8 Å². The van der Waals surface area contributed by atoms with E-state index in [4.69, 9.17) is 24.7 Å². The summed E-state index contributed by atoms with van der Waals surface area (Å²) < 4.78 is 35.8. The molecule has 0 spiro atoms. The maximum Gasteiger partial charge on any atom is 0.338 e. The molecule has 0 aliphatic carbocycles.